The molecule has 24 heavy (non-hydrogen) atoms. The van der Waals surface area contributed by atoms with E-state index < -0.39 is 5.91 Å². The highest BCUT2D eigenvalue weighted by Gasteiger charge is 2.30. The number of nitrogens with one attached hydrogen (secondary N) is 1. The fourth-order valence-corrected chi connectivity index (χ4v) is 3.09. The molecule has 126 valence electrons. The van der Waals surface area contributed by atoms with Crippen LogP contribution in [0.3, 0.4) is 0 Å². The van der Waals surface area contributed by atoms with Crippen molar-refractivity contribution in [3.8, 4) is 0 Å². The lowest BCUT2D eigenvalue weighted by atomic mass is 10.4. The zero-order valence-corrected chi connectivity index (χ0v) is 15.0. The Bertz CT molecular complexity index is 759. The van der Waals surface area contributed by atoms with E-state index in [0.717, 1.165) is 23.1 Å². The van der Waals surface area contributed by atoms with Gasteiger partial charge in [-0.15, -0.1) is 10.2 Å². The summed E-state index contributed by atoms with van der Waals surface area (Å²) in [6, 6.07) is 3.49. The predicted octanol–water partition coefficient (Wildman–Crippen LogP) is 1.53. The van der Waals surface area contributed by atoms with Crippen molar-refractivity contribution >= 4 is 45.3 Å². The second-order valence-corrected chi connectivity index (χ2v) is 7.22. The fourth-order valence-electron chi connectivity index (χ4n) is 2.11. The van der Waals surface area contributed by atoms with Gasteiger partial charge >= 0.3 is 0 Å². The summed E-state index contributed by atoms with van der Waals surface area (Å²) in [6.45, 7) is 0.0249. The summed E-state index contributed by atoms with van der Waals surface area (Å²) in [7, 11) is 0. The van der Waals surface area contributed by atoms with Crippen molar-refractivity contribution in [3.63, 3.8) is 0 Å². The second-order valence-electron chi connectivity index (χ2n) is 5.37. The Morgan fingerprint density at radius 3 is 2.79 bits per heavy atom. The van der Waals surface area contributed by atoms with Crippen molar-refractivity contribution in [2.75, 3.05) is 11.1 Å². The lowest BCUT2D eigenvalue weighted by molar-refractivity contribution is -0.118. The average molecular weight is 411 g/mol. The molecule has 0 aromatic carbocycles. The number of nitrogens with zero attached hydrogens (tertiary/aromatic N) is 4. The van der Waals surface area contributed by atoms with Gasteiger partial charge in [0.05, 0.1) is 5.75 Å². The van der Waals surface area contributed by atoms with E-state index in [1.165, 1.54) is 11.8 Å². The third kappa shape index (κ3) is 4.32. The first kappa shape index (κ1) is 16.9. The molecule has 1 aliphatic rings. The molecule has 1 fully saturated rings. The number of nitrogens with two attached hydrogens (primary N) is 1. The molecule has 0 atom stereocenters. The zero-order valence-electron chi connectivity index (χ0n) is 12.6. The molecule has 1 aliphatic carbocycles. The molecule has 2 aromatic heterocycles. The van der Waals surface area contributed by atoms with Crippen LogP contribution in [-0.4, -0.2) is 37.3 Å². The van der Waals surface area contributed by atoms with Gasteiger partial charge in [-0.2, -0.15) is 0 Å². The number of amides is 2. The molecule has 0 radical (unpaired) electrons. The zero-order chi connectivity index (χ0) is 17.1. The summed E-state index contributed by atoms with van der Waals surface area (Å²) in [5.74, 6) is 1.05. The van der Waals surface area contributed by atoms with Gasteiger partial charge in [-0.3, -0.25) is 14.2 Å². The van der Waals surface area contributed by atoms with Crippen molar-refractivity contribution in [1.29, 1.82) is 0 Å². The van der Waals surface area contributed by atoms with Gasteiger partial charge < -0.3 is 11.1 Å². The molecule has 0 unspecified atom stereocenters. The lowest BCUT2D eigenvalue weighted by Crippen LogP contribution is -2.21. The number of anilines is 1. The Balaban J connectivity index is 1.62. The number of carbonyl (C=O) groups excluding carboxylic acids is 2. The molecule has 1 saturated carbocycles. The fraction of sp³-hybridized carbons (Fsp3) is 0.357. The van der Waals surface area contributed by atoms with E-state index >= 15 is 0 Å². The van der Waals surface area contributed by atoms with Gasteiger partial charge in [0.2, 0.25) is 11.8 Å². The number of primary amides is 1. The standard InChI is InChI=1S/C14H15BrN6O2S/c15-9-3-4-11(17-5-9)18-12(23)7-24-14-20-19-13(8-1-2-8)21(14)6-10(16)22/h3-5,8H,1-2,6-7H2,(H2,16,22)(H,17,18,23). The normalized spacial score (nSPS) is 13.7. The van der Waals surface area contributed by atoms with Crippen LogP contribution >= 0.6 is 27.7 Å². The number of rotatable bonds is 7. The topological polar surface area (TPSA) is 116 Å². The molecule has 0 aliphatic heterocycles. The molecule has 0 bridgehead atoms. The molecule has 10 heteroatoms. The Hall–Kier alpha value is -1.94. The van der Waals surface area contributed by atoms with Crippen LogP contribution in [0.5, 0.6) is 0 Å². The summed E-state index contributed by atoms with van der Waals surface area (Å²) in [6.07, 6.45) is 3.68. The smallest absolute Gasteiger partial charge is 0.237 e. The average Bonchev–Trinajstić information content (AvgIpc) is 3.30. The number of aromatic nitrogens is 4. The van der Waals surface area contributed by atoms with Crippen molar-refractivity contribution in [3.05, 3.63) is 28.6 Å². The molecular weight excluding hydrogens is 396 g/mol. The van der Waals surface area contributed by atoms with E-state index in [2.05, 4.69) is 36.4 Å². The first-order valence-corrected chi connectivity index (χ1v) is 9.06. The SMILES string of the molecule is NC(=O)Cn1c(SCC(=O)Nc2ccc(Br)cn2)nnc1C1CC1. The van der Waals surface area contributed by atoms with Crippen LogP contribution in [0.4, 0.5) is 5.82 Å². The van der Waals surface area contributed by atoms with Crippen molar-refractivity contribution < 1.29 is 9.59 Å². The molecule has 2 aromatic rings. The third-order valence-corrected chi connectivity index (χ3v) is 4.76. The summed E-state index contributed by atoms with van der Waals surface area (Å²) < 4.78 is 2.54. The maximum atomic E-state index is 12.0. The Labute approximate surface area is 150 Å². The summed E-state index contributed by atoms with van der Waals surface area (Å²) >= 11 is 4.50. The molecule has 2 heterocycles. The third-order valence-electron chi connectivity index (χ3n) is 3.33. The summed E-state index contributed by atoms with van der Waals surface area (Å²) in [4.78, 5) is 27.4. The number of carbonyl (C=O) groups is 2. The minimum Gasteiger partial charge on any atom is -0.368 e. The van der Waals surface area contributed by atoms with Crippen LogP contribution in [0.1, 0.15) is 24.6 Å². The van der Waals surface area contributed by atoms with Gasteiger partial charge in [0.25, 0.3) is 0 Å². The minimum atomic E-state index is -0.456. The van der Waals surface area contributed by atoms with Crippen LogP contribution in [0, 0.1) is 0 Å². The largest absolute Gasteiger partial charge is 0.368 e. The molecular formula is C14H15BrN6O2S. The maximum Gasteiger partial charge on any atom is 0.237 e. The Morgan fingerprint density at radius 1 is 1.38 bits per heavy atom. The van der Waals surface area contributed by atoms with Gasteiger partial charge in [0.15, 0.2) is 5.16 Å². The van der Waals surface area contributed by atoms with Crippen LogP contribution < -0.4 is 11.1 Å². The van der Waals surface area contributed by atoms with Crippen molar-refractivity contribution in [1.82, 2.24) is 19.7 Å². The molecule has 8 nitrogen and oxygen atoms in total. The van der Waals surface area contributed by atoms with Crippen LogP contribution in [0.15, 0.2) is 28.0 Å². The Kier molecular flexibility index (Phi) is 5.14. The second kappa shape index (κ2) is 7.31. The van der Waals surface area contributed by atoms with E-state index in [1.807, 2.05) is 0 Å². The number of thioether (sulfide) groups is 1. The van der Waals surface area contributed by atoms with Crippen LogP contribution in [0.2, 0.25) is 0 Å². The molecule has 3 N–H and O–H groups in total. The highest BCUT2D eigenvalue weighted by atomic mass is 79.9. The number of pyridine rings is 1. The quantitative estimate of drug-likeness (QED) is 0.668. The first-order chi connectivity index (χ1) is 11.5. The highest BCUT2D eigenvalue weighted by Crippen LogP contribution is 2.39. The van der Waals surface area contributed by atoms with Gasteiger partial charge in [0.1, 0.15) is 18.2 Å². The summed E-state index contributed by atoms with van der Waals surface area (Å²) in [5.41, 5.74) is 5.30. The monoisotopic (exact) mass is 410 g/mol. The highest BCUT2D eigenvalue weighted by molar-refractivity contribution is 9.10. The minimum absolute atomic E-state index is 0.0249. The van der Waals surface area contributed by atoms with E-state index in [1.54, 1.807) is 22.9 Å². The van der Waals surface area contributed by atoms with Gasteiger partial charge in [-0.05, 0) is 40.9 Å². The first-order valence-electron chi connectivity index (χ1n) is 7.28. The van der Waals surface area contributed by atoms with E-state index in [-0.39, 0.29) is 18.2 Å². The van der Waals surface area contributed by atoms with E-state index in [9.17, 15) is 9.59 Å². The van der Waals surface area contributed by atoms with Crippen LogP contribution in [-0.2, 0) is 16.1 Å². The summed E-state index contributed by atoms with van der Waals surface area (Å²) in [5, 5.41) is 11.4. The van der Waals surface area contributed by atoms with Gasteiger partial charge in [-0.1, -0.05) is 11.8 Å². The molecule has 3 rings (SSSR count). The Morgan fingerprint density at radius 2 is 2.17 bits per heavy atom. The lowest BCUT2D eigenvalue weighted by Gasteiger charge is -2.07. The number of hydrogen-bond donors (Lipinski definition) is 2. The van der Waals surface area contributed by atoms with Crippen LogP contribution in [0.25, 0.3) is 0 Å². The maximum absolute atomic E-state index is 12.0. The van der Waals surface area contributed by atoms with Gasteiger partial charge in [0, 0.05) is 16.6 Å². The van der Waals surface area contributed by atoms with Crippen molar-refractivity contribution in [2.45, 2.75) is 30.5 Å². The molecule has 0 spiro atoms. The molecule has 2 amide bonds. The van der Waals surface area contributed by atoms with Gasteiger partial charge in [-0.25, -0.2) is 4.98 Å². The number of hydrogen-bond acceptors (Lipinski definition) is 6. The van der Waals surface area contributed by atoms with E-state index in [0.29, 0.717) is 16.9 Å². The van der Waals surface area contributed by atoms with Crippen molar-refractivity contribution in [2.24, 2.45) is 5.73 Å². The van der Waals surface area contributed by atoms with E-state index in [4.69, 9.17) is 5.73 Å². The number of halogens is 1. The molecule has 0 saturated heterocycles. The predicted molar refractivity (Wildman–Crippen MR) is 92.5 cm³/mol.